The number of aryl methyl sites for hydroxylation is 1. The molecule has 0 fully saturated rings. The van der Waals surface area contributed by atoms with Crippen molar-refractivity contribution in [1.82, 2.24) is 14.8 Å². The molecule has 0 radical (unpaired) electrons. The van der Waals surface area contributed by atoms with Crippen LogP contribution in [0.5, 0.6) is 0 Å². The number of pyridine rings is 1. The SMILES string of the molecule is CNc1ccc([N+](=O)[O-])c(Nc2cnn(C)c2)n1. The number of aromatic nitrogens is 3. The van der Waals surface area contributed by atoms with Crippen molar-refractivity contribution in [2.24, 2.45) is 7.05 Å². The van der Waals surface area contributed by atoms with Crippen molar-refractivity contribution in [2.75, 3.05) is 17.7 Å². The Hall–Kier alpha value is -2.64. The minimum Gasteiger partial charge on any atom is -0.373 e. The van der Waals surface area contributed by atoms with Gasteiger partial charge in [0.15, 0.2) is 0 Å². The van der Waals surface area contributed by atoms with Crippen LogP contribution in [-0.4, -0.2) is 26.7 Å². The molecule has 0 atom stereocenters. The second-order valence-corrected chi connectivity index (χ2v) is 3.60. The summed E-state index contributed by atoms with van der Waals surface area (Å²) >= 11 is 0. The highest BCUT2D eigenvalue weighted by atomic mass is 16.6. The van der Waals surface area contributed by atoms with Gasteiger partial charge in [0.2, 0.25) is 5.82 Å². The third-order valence-corrected chi connectivity index (χ3v) is 2.29. The molecule has 0 unspecified atom stereocenters. The number of hydrogen-bond acceptors (Lipinski definition) is 6. The summed E-state index contributed by atoms with van der Waals surface area (Å²) in [4.78, 5) is 14.5. The molecule has 0 aliphatic heterocycles. The highest BCUT2D eigenvalue weighted by molar-refractivity contribution is 5.66. The van der Waals surface area contributed by atoms with E-state index in [0.29, 0.717) is 11.5 Å². The van der Waals surface area contributed by atoms with E-state index in [0.717, 1.165) is 0 Å². The monoisotopic (exact) mass is 248 g/mol. The Bertz CT molecular complexity index is 579. The Labute approximate surface area is 103 Å². The van der Waals surface area contributed by atoms with Crippen molar-refractivity contribution >= 4 is 23.0 Å². The lowest BCUT2D eigenvalue weighted by Gasteiger charge is -2.05. The molecule has 0 aliphatic rings. The lowest BCUT2D eigenvalue weighted by Crippen LogP contribution is -2.01. The third kappa shape index (κ3) is 2.37. The van der Waals surface area contributed by atoms with Crippen molar-refractivity contribution in [3.05, 3.63) is 34.6 Å². The van der Waals surface area contributed by atoms with E-state index in [1.54, 1.807) is 37.2 Å². The van der Waals surface area contributed by atoms with Gasteiger partial charge in [0.25, 0.3) is 0 Å². The van der Waals surface area contributed by atoms with Crippen LogP contribution >= 0.6 is 0 Å². The van der Waals surface area contributed by atoms with E-state index in [1.807, 2.05) is 0 Å². The van der Waals surface area contributed by atoms with Crippen LogP contribution in [0.15, 0.2) is 24.5 Å². The number of nitrogens with zero attached hydrogens (tertiary/aromatic N) is 4. The van der Waals surface area contributed by atoms with Gasteiger partial charge in [-0.2, -0.15) is 5.10 Å². The summed E-state index contributed by atoms with van der Waals surface area (Å²) in [5.41, 5.74) is 0.555. The van der Waals surface area contributed by atoms with Gasteiger partial charge >= 0.3 is 5.69 Å². The van der Waals surface area contributed by atoms with E-state index >= 15 is 0 Å². The fraction of sp³-hybridized carbons (Fsp3) is 0.200. The zero-order valence-electron chi connectivity index (χ0n) is 9.91. The van der Waals surface area contributed by atoms with Crippen molar-refractivity contribution in [2.45, 2.75) is 0 Å². The van der Waals surface area contributed by atoms with Crippen LogP contribution in [0.3, 0.4) is 0 Å². The molecular formula is C10H12N6O2. The molecule has 0 saturated carbocycles. The van der Waals surface area contributed by atoms with Gasteiger partial charge in [-0.1, -0.05) is 0 Å². The van der Waals surface area contributed by atoms with E-state index in [4.69, 9.17) is 0 Å². The molecule has 2 aromatic rings. The summed E-state index contributed by atoms with van der Waals surface area (Å²) in [6.45, 7) is 0. The summed E-state index contributed by atoms with van der Waals surface area (Å²) in [5, 5.41) is 20.6. The molecule has 2 rings (SSSR count). The predicted octanol–water partition coefficient (Wildman–Crippen LogP) is 1.51. The van der Waals surface area contributed by atoms with Gasteiger partial charge in [-0.3, -0.25) is 14.8 Å². The van der Waals surface area contributed by atoms with E-state index < -0.39 is 4.92 Å². The maximum atomic E-state index is 10.9. The number of nitrogens with one attached hydrogen (secondary N) is 2. The fourth-order valence-corrected chi connectivity index (χ4v) is 1.45. The first kappa shape index (κ1) is 11.8. The maximum absolute atomic E-state index is 10.9. The lowest BCUT2D eigenvalue weighted by molar-refractivity contribution is -0.384. The Balaban J connectivity index is 2.37. The molecule has 94 valence electrons. The molecule has 8 nitrogen and oxygen atoms in total. The zero-order chi connectivity index (χ0) is 13.1. The number of nitro groups is 1. The van der Waals surface area contributed by atoms with Crippen LogP contribution in [0.25, 0.3) is 0 Å². The van der Waals surface area contributed by atoms with Crippen LogP contribution in [0.4, 0.5) is 23.0 Å². The van der Waals surface area contributed by atoms with Crippen LogP contribution < -0.4 is 10.6 Å². The third-order valence-electron chi connectivity index (χ3n) is 2.29. The van der Waals surface area contributed by atoms with Crippen molar-refractivity contribution in [3.8, 4) is 0 Å². The van der Waals surface area contributed by atoms with E-state index in [1.165, 1.54) is 6.07 Å². The summed E-state index contributed by atoms with van der Waals surface area (Å²) < 4.78 is 1.59. The average Bonchev–Trinajstić information content (AvgIpc) is 2.74. The van der Waals surface area contributed by atoms with Crippen LogP contribution in [0.1, 0.15) is 0 Å². The molecule has 18 heavy (non-hydrogen) atoms. The summed E-state index contributed by atoms with van der Waals surface area (Å²) in [6.07, 6.45) is 3.27. The first-order valence-electron chi connectivity index (χ1n) is 5.19. The molecule has 8 heteroatoms. The van der Waals surface area contributed by atoms with Gasteiger partial charge in [-0.05, 0) is 6.07 Å². The van der Waals surface area contributed by atoms with Gasteiger partial charge < -0.3 is 10.6 Å². The van der Waals surface area contributed by atoms with Gasteiger partial charge in [-0.15, -0.1) is 0 Å². The van der Waals surface area contributed by atoms with Crippen LogP contribution in [0.2, 0.25) is 0 Å². The first-order chi connectivity index (χ1) is 8.60. The molecule has 0 saturated heterocycles. The minimum absolute atomic E-state index is 0.0853. The summed E-state index contributed by atoms with van der Waals surface area (Å²) in [5.74, 6) is 0.729. The van der Waals surface area contributed by atoms with E-state index in [-0.39, 0.29) is 11.5 Å². The smallest absolute Gasteiger partial charge is 0.311 e. The quantitative estimate of drug-likeness (QED) is 0.628. The Morgan fingerprint density at radius 2 is 2.22 bits per heavy atom. The van der Waals surface area contributed by atoms with Crippen LogP contribution in [0, 0.1) is 10.1 Å². The first-order valence-corrected chi connectivity index (χ1v) is 5.19. The van der Waals surface area contributed by atoms with E-state index in [9.17, 15) is 10.1 Å². The van der Waals surface area contributed by atoms with Crippen molar-refractivity contribution in [3.63, 3.8) is 0 Å². The van der Waals surface area contributed by atoms with Gasteiger partial charge in [0, 0.05) is 26.4 Å². The van der Waals surface area contributed by atoms with Crippen molar-refractivity contribution < 1.29 is 4.92 Å². The largest absolute Gasteiger partial charge is 0.373 e. The summed E-state index contributed by atoms with van der Waals surface area (Å²) in [6, 6.07) is 2.95. The Morgan fingerprint density at radius 3 is 2.78 bits per heavy atom. The molecule has 0 amide bonds. The molecule has 2 N–H and O–H groups in total. The van der Waals surface area contributed by atoms with Crippen LogP contribution in [-0.2, 0) is 7.05 Å². The predicted molar refractivity (Wildman–Crippen MR) is 66.9 cm³/mol. The molecule has 0 aromatic carbocycles. The summed E-state index contributed by atoms with van der Waals surface area (Å²) in [7, 11) is 3.46. The van der Waals surface area contributed by atoms with Gasteiger partial charge in [-0.25, -0.2) is 4.98 Å². The minimum atomic E-state index is -0.481. The highest BCUT2D eigenvalue weighted by Gasteiger charge is 2.16. The number of rotatable bonds is 4. The second-order valence-electron chi connectivity index (χ2n) is 3.60. The van der Waals surface area contributed by atoms with Gasteiger partial charge in [0.1, 0.15) is 5.82 Å². The highest BCUT2D eigenvalue weighted by Crippen LogP contribution is 2.26. The van der Waals surface area contributed by atoms with Crippen molar-refractivity contribution in [1.29, 1.82) is 0 Å². The Kier molecular flexibility index (Phi) is 3.09. The zero-order valence-corrected chi connectivity index (χ0v) is 9.91. The Morgan fingerprint density at radius 1 is 1.44 bits per heavy atom. The normalized spacial score (nSPS) is 10.1. The van der Waals surface area contributed by atoms with Gasteiger partial charge in [0.05, 0.1) is 16.8 Å². The average molecular weight is 248 g/mol. The second kappa shape index (κ2) is 4.70. The fourth-order valence-electron chi connectivity index (χ4n) is 1.45. The number of anilines is 3. The molecular weight excluding hydrogens is 236 g/mol. The maximum Gasteiger partial charge on any atom is 0.311 e. The molecule has 0 spiro atoms. The molecule has 0 aliphatic carbocycles. The molecule has 2 heterocycles. The molecule has 0 bridgehead atoms. The standard InChI is InChI=1S/C10H12N6O2/c1-11-9-4-3-8(16(17)18)10(14-9)13-7-5-12-15(2)6-7/h3-6H,1-2H3,(H2,11,13,14). The van der Waals surface area contributed by atoms with E-state index in [2.05, 4.69) is 20.7 Å². The topological polar surface area (TPSA) is 97.9 Å². The number of hydrogen-bond donors (Lipinski definition) is 2. The molecule has 2 aromatic heterocycles. The lowest BCUT2D eigenvalue weighted by atomic mass is 10.3.